The average molecular weight is 146 g/mol. The Morgan fingerprint density at radius 1 is 1.55 bits per heavy atom. The molecule has 0 aromatic rings. The van der Waals surface area contributed by atoms with E-state index < -0.39 is 0 Å². The van der Waals surface area contributed by atoms with Crippen LogP contribution in [0.2, 0.25) is 0 Å². The monoisotopic (exact) mass is 146 g/mol. The van der Waals surface area contributed by atoms with Crippen molar-refractivity contribution in [2.75, 3.05) is 0 Å². The molecule has 1 unspecified atom stereocenters. The predicted octanol–water partition coefficient (Wildman–Crippen LogP) is 2.92. The lowest BCUT2D eigenvalue weighted by Crippen LogP contribution is -2.14. The van der Waals surface area contributed by atoms with Gasteiger partial charge in [0.1, 0.15) is 0 Å². The van der Waals surface area contributed by atoms with Crippen LogP contribution in [-0.4, -0.2) is 0 Å². The third-order valence-electron chi connectivity index (χ3n) is 2.00. The van der Waals surface area contributed by atoms with Crippen molar-refractivity contribution in [3.63, 3.8) is 0 Å². The molecule has 1 aliphatic carbocycles. The van der Waals surface area contributed by atoms with E-state index in [0.29, 0.717) is 0 Å². The Morgan fingerprint density at radius 2 is 2.18 bits per heavy atom. The van der Waals surface area contributed by atoms with Crippen molar-refractivity contribution in [2.24, 2.45) is 5.41 Å². The highest BCUT2D eigenvalue weighted by Gasteiger charge is 2.21. The minimum atomic E-state index is -0.0388. The van der Waals surface area contributed by atoms with Crippen molar-refractivity contribution in [1.82, 2.24) is 0 Å². The van der Waals surface area contributed by atoms with Crippen LogP contribution in [-0.2, 0) is 0 Å². The van der Waals surface area contributed by atoms with Crippen molar-refractivity contribution in [1.29, 1.82) is 0 Å². The Labute approximate surface area is 69.0 Å². The van der Waals surface area contributed by atoms with Crippen LogP contribution >= 0.6 is 0 Å². The summed E-state index contributed by atoms with van der Waals surface area (Å²) in [5.41, 5.74) is 2.63. The van der Waals surface area contributed by atoms with Crippen LogP contribution < -0.4 is 0 Å². The van der Waals surface area contributed by atoms with Gasteiger partial charge in [0.15, 0.2) is 0 Å². The van der Waals surface area contributed by atoms with Crippen LogP contribution in [0.25, 0.3) is 0 Å². The van der Waals surface area contributed by atoms with Gasteiger partial charge in [0.2, 0.25) is 0 Å². The molecule has 58 valence electrons. The molecule has 0 saturated heterocycles. The summed E-state index contributed by atoms with van der Waals surface area (Å²) in [5.74, 6) is 2.82. The van der Waals surface area contributed by atoms with E-state index >= 15 is 0 Å². The minimum Gasteiger partial charge on any atom is -0.119 e. The first-order chi connectivity index (χ1) is 5.06. The summed E-state index contributed by atoms with van der Waals surface area (Å²) < 4.78 is 0. The number of hydrogen-bond donors (Lipinski definition) is 0. The summed E-state index contributed by atoms with van der Waals surface area (Å²) in [6, 6.07) is 0. The Balaban J connectivity index is 2.98. The fourth-order valence-corrected chi connectivity index (χ4v) is 1.71. The van der Waals surface area contributed by atoms with Crippen molar-refractivity contribution in [3.05, 3.63) is 23.3 Å². The molecule has 0 radical (unpaired) electrons. The lowest BCUT2D eigenvalue weighted by atomic mass is 9.79. The van der Waals surface area contributed by atoms with Crippen LogP contribution in [0.15, 0.2) is 23.3 Å². The average Bonchev–Trinajstić information content (AvgIpc) is 1.84. The van der Waals surface area contributed by atoms with E-state index in [1.807, 2.05) is 0 Å². The Bertz CT molecular complexity index is 260. The molecule has 0 aromatic carbocycles. The summed E-state index contributed by atoms with van der Waals surface area (Å²) in [6.07, 6.45) is 10.8. The van der Waals surface area contributed by atoms with Gasteiger partial charge in [0.05, 0.1) is 5.41 Å². The van der Waals surface area contributed by atoms with E-state index in [9.17, 15) is 0 Å². The molecule has 0 aliphatic heterocycles. The van der Waals surface area contributed by atoms with Crippen LogP contribution in [0, 0.1) is 17.8 Å². The first kappa shape index (κ1) is 8.14. The second kappa shape index (κ2) is 2.58. The van der Waals surface area contributed by atoms with Gasteiger partial charge in [-0.2, -0.15) is 0 Å². The molecule has 0 bridgehead atoms. The topological polar surface area (TPSA) is 0 Å². The molecule has 0 N–H and O–H groups in total. The van der Waals surface area contributed by atoms with Gasteiger partial charge in [0.25, 0.3) is 0 Å². The van der Waals surface area contributed by atoms with E-state index in [1.165, 1.54) is 11.1 Å². The summed E-state index contributed by atoms with van der Waals surface area (Å²) in [6.45, 7) is 6.33. The maximum absolute atomic E-state index is 5.44. The summed E-state index contributed by atoms with van der Waals surface area (Å²) in [4.78, 5) is 0. The third kappa shape index (κ3) is 1.74. The number of rotatable bonds is 0. The second-order valence-electron chi connectivity index (χ2n) is 3.62. The van der Waals surface area contributed by atoms with E-state index in [4.69, 9.17) is 6.42 Å². The highest BCUT2D eigenvalue weighted by Crippen LogP contribution is 2.32. The second-order valence-corrected chi connectivity index (χ2v) is 3.62. The van der Waals surface area contributed by atoms with Crippen LogP contribution in [0.1, 0.15) is 27.2 Å². The smallest absolute Gasteiger partial charge is 0.0505 e. The number of hydrogen-bond acceptors (Lipinski definition) is 0. The number of allylic oxidation sites excluding steroid dienone is 4. The Kier molecular flexibility index (Phi) is 1.91. The maximum atomic E-state index is 5.44. The zero-order chi connectivity index (χ0) is 8.48. The molecular weight excluding hydrogens is 132 g/mol. The molecule has 0 saturated carbocycles. The lowest BCUT2D eigenvalue weighted by Gasteiger charge is -2.24. The molecule has 0 aromatic heterocycles. The first-order valence-electron chi connectivity index (χ1n) is 3.90. The van der Waals surface area contributed by atoms with E-state index in [0.717, 1.165) is 6.42 Å². The molecule has 0 heterocycles. The third-order valence-corrected chi connectivity index (χ3v) is 2.00. The van der Waals surface area contributed by atoms with Crippen molar-refractivity contribution in [2.45, 2.75) is 27.2 Å². The lowest BCUT2D eigenvalue weighted by molar-refractivity contribution is 0.558. The van der Waals surface area contributed by atoms with Gasteiger partial charge in [-0.3, -0.25) is 0 Å². The molecule has 0 spiro atoms. The normalized spacial score (nSPS) is 30.4. The van der Waals surface area contributed by atoms with Gasteiger partial charge in [-0.25, -0.2) is 0 Å². The summed E-state index contributed by atoms with van der Waals surface area (Å²) >= 11 is 0. The van der Waals surface area contributed by atoms with Gasteiger partial charge in [0, 0.05) is 0 Å². The van der Waals surface area contributed by atoms with Gasteiger partial charge in [-0.1, -0.05) is 29.2 Å². The molecular formula is C11H14. The van der Waals surface area contributed by atoms with Gasteiger partial charge in [-0.05, 0) is 27.2 Å². The summed E-state index contributed by atoms with van der Waals surface area (Å²) in [7, 11) is 0. The molecule has 1 aliphatic rings. The van der Waals surface area contributed by atoms with Gasteiger partial charge >= 0.3 is 0 Å². The standard InChI is InChI=1S/C11H14/c1-5-11(4)7-9(2)6-10(3)8-11/h1,6-7H,8H2,2-4H3. The summed E-state index contributed by atoms with van der Waals surface area (Å²) in [5, 5.41) is 0. The minimum absolute atomic E-state index is 0.0388. The van der Waals surface area contributed by atoms with Crippen LogP contribution in [0.4, 0.5) is 0 Å². The predicted molar refractivity (Wildman–Crippen MR) is 49.1 cm³/mol. The molecule has 1 rings (SSSR count). The molecule has 1 atom stereocenters. The van der Waals surface area contributed by atoms with Crippen LogP contribution in [0.3, 0.4) is 0 Å². The van der Waals surface area contributed by atoms with Crippen molar-refractivity contribution < 1.29 is 0 Å². The SMILES string of the molecule is C#CC1(C)C=C(C)C=C(C)C1. The largest absolute Gasteiger partial charge is 0.119 e. The highest BCUT2D eigenvalue weighted by molar-refractivity contribution is 5.34. The van der Waals surface area contributed by atoms with E-state index in [1.54, 1.807) is 0 Å². The quantitative estimate of drug-likeness (QED) is 0.461. The number of terminal acetylenes is 1. The molecule has 0 heteroatoms. The molecule has 0 nitrogen and oxygen atoms in total. The fraction of sp³-hybridized carbons (Fsp3) is 0.455. The van der Waals surface area contributed by atoms with Crippen LogP contribution in [0.5, 0.6) is 0 Å². The van der Waals surface area contributed by atoms with E-state index in [-0.39, 0.29) is 5.41 Å². The van der Waals surface area contributed by atoms with E-state index in [2.05, 4.69) is 38.8 Å². The van der Waals surface area contributed by atoms with Gasteiger partial charge < -0.3 is 0 Å². The zero-order valence-corrected chi connectivity index (χ0v) is 7.44. The molecule has 0 fully saturated rings. The Hall–Kier alpha value is -0.960. The van der Waals surface area contributed by atoms with Crippen molar-refractivity contribution >= 4 is 0 Å². The Morgan fingerprint density at radius 3 is 2.64 bits per heavy atom. The highest BCUT2D eigenvalue weighted by atomic mass is 14.2. The molecule has 0 amide bonds. The molecule has 11 heavy (non-hydrogen) atoms. The van der Waals surface area contributed by atoms with Crippen molar-refractivity contribution in [3.8, 4) is 12.3 Å². The fourth-order valence-electron chi connectivity index (χ4n) is 1.71. The zero-order valence-electron chi connectivity index (χ0n) is 7.44. The van der Waals surface area contributed by atoms with Gasteiger partial charge in [-0.15, -0.1) is 6.42 Å². The maximum Gasteiger partial charge on any atom is 0.0505 e. The first-order valence-corrected chi connectivity index (χ1v) is 3.90.